The Kier molecular flexibility index (Phi) is 7.88. The topological polar surface area (TPSA) is 41.5 Å². The van der Waals surface area contributed by atoms with E-state index < -0.39 is 5.69 Å². The maximum absolute atomic E-state index is 10.3. The first kappa shape index (κ1) is 17.9. The highest BCUT2D eigenvalue weighted by atomic mass is 32.9. The largest absolute Gasteiger partial charge is 0.337 e. The Bertz CT molecular complexity index is 315. The first-order valence-electron chi connectivity index (χ1n) is 7.16. The summed E-state index contributed by atoms with van der Waals surface area (Å²) in [5.74, 6) is 2.04. The molecule has 0 bridgehead atoms. The summed E-state index contributed by atoms with van der Waals surface area (Å²) in [4.78, 5) is 10.3. The van der Waals surface area contributed by atoms with E-state index in [1.807, 2.05) is 7.05 Å². The lowest BCUT2D eigenvalue weighted by Gasteiger charge is -2.38. The molecule has 4 unspecified atom stereocenters. The van der Waals surface area contributed by atoms with Gasteiger partial charge in [0.15, 0.2) is 0 Å². The van der Waals surface area contributed by atoms with Crippen LogP contribution in [0.3, 0.4) is 0 Å². The van der Waals surface area contributed by atoms with Crippen LogP contribution in [-0.2, 0) is 16.3 Å². The zero-order chi connectivity index (χ0) is 14.5. The molecule has 0 aromatic rings. The summed E-state index contributed by atoms with van der Waals surface area (Å²) in [6, 6.07) is 0. The second kappa shape index (κ2) is 8.35. The van der Waals surface area contributed by atoms with Gasteiger partial charge in [0.1, 0.15) is 0 Å². The van der Waals surface area contributed by atoms with Crippen molar-refractivity contribution in [3.63, 3.8) is 0 Å². The zero-order valence-corrected chi connectivity index (χ0v) is 15.0. The van der Waals surface area contributed by atoms with Crippen molar-refractivity contribution in [1.82, 2.24) is 5.32 Å². The highest BCUT2D eigenvalue weighted by Gasteiger charge is 2.34. The fourth-order valence-electron chi connectivity index (χ4n) is 2.70. The van der Waals surface area contributed by atoms with Crippen LogP contribution in [0.1, 0.15) is 40.0 Å². The average molecular weight is 325 g/mol. The second-order valence-corrected chi connectivity index (χ2v) is 12.2. The van der Waals surface area contributed by atoms with Gasteiger partial charge in [-0.05, 0) is 49.4 Å². The number of hydrogen-bond donors (Lipinski definition) is 2. The minimum absolute atomic E-state index is 0.453. The highest BCUT2D eigenvalue weighted by molar-refractivity contribution is 8.67. The highest BCUT2D eigenvalue weighted by Crippen LogP contribution is 2.61. The van der Waals surface area contributed by atoms with Crippen LogP contribution in [0.2, 0.25) is 0 Å². The Morgan fingerprint density at radius 2 is 2.16 bits per heavy atom. The molecule has 1 saturated carbocycles. The van der Waals surface area contributed by atoms with Gasteiger partial charge in [-0.3, -0.25) is 0 Å². The maximum atomic E-state index is 10.3. The molecular formula is C13H28NO2PS2. The normalized spacial score (nSPS) is 31.4. The molecule has 1 aliphatic carbocycles. The van der Waals surface area contributed by atoms with Gasteiger partial charge in [-0.2, -0.15) is 0 Å². The number of likely N-dealkylation sites (N-methyl/N-ethyl adjacent to an activating group) is 1. The number of hydrogen-bond acceptors (Lipinski definition) is 4. The van der Waals surface area contributed by atoms with E-state index in [9.17, 15) is 4.89 Å². The molecule has 0 aromatic carbocycles. The lowest BCUT2D eigenvalue weighted by atomic mass is 9.77. The van der Waals surface area contributed by atoms with E-state index >= 15 is 0 Å². The molecule has 0 aromatic heterocycles. The van der Waals surface area contributed by atoms with Gasteiger partial charge >= 0.3 is 0 Å². The first-order valence-corrected chi connectivity index (χ1v) is 11.3. The van der Waals surface area contributed by atoms with Gasteiger partial charge in [-0.15, -0.1) is 0 Å². The summed E-state index contributed by atoms with van der Waals surface area (Å²) in [5.41, 5.74) is -2.68. The van der Waals surface area contributed by atoms with E-state index in [2.05, 4.69) is 26.1 Å². The predicted octanol–water partition coefficient (Wildman–Crippen LogP) is 3.63. The molecule has 0 amide bonds. The zero-order valence-electron chi connectivity index (χ0n) is 12.5. The molecule has 0 aliphatic heterocycles. The molecule has 1 fully saturated rings. The van der Waals surface area contributed by atoms with E-state index in [0.717, 1.165) is 18.9 Å². The summed E-state index contributed by atoms with van der Waals surface area (Å²) in [5, 5.41) is 3.46. The molecule has 4 atom stereocenters. The molecule has 114 valence electrons. The van der Waals surface area contributed by atoms with Gasteiger partial charge in [-0.25, -0.2) is 0 Å². The third kappa shape index (κ3) is 6.45. The molecule has 2 N–H and O–H groups in total. The van der Waals surface area contributed by atoms with Crippen molar-refractivity contribution < 1.29 is 9.42 Å². The lowest BCUT2D eigenvalue weighted by molar-refractivity contribution is 0.244. The fraction of sp³-hybridized carbons (Fsp3) is 1.00. The molecule has 0 heterocycles. The van der Waals surface area contributed by atoms with Crippen LogP contribution in [0.25, 0.3) is 0 Å². The van der Waals surface area contributed by atoms with Crippen LogP contribution in [0.4, 0.5) is 0 Å². The number of rotatable bonds is 7. The molecule has 1 aliphatic rings. The molecule has 0 spiro atoms. The van der Waals surface area contributed by atoms with Gasteiger partial charge in [0, 0.05) is 11.8 Å². The second-order valence-electron chi connectivity index (χ2n) is 5.88. The first-order chi connectivity index (χ1) is 8.85. The van der Waals surface area contributed by atoms with Gasteiger partial charge in [0.05, 0.1) is 6.61 Å². The standard InChI is InChI=1S/C13H28NO2PS2/c1-10(2)12-6-5-11(3)9-13(12)19-17(15,18)16-8-7-14-4/h10-14H,5-9H2,1-4H3,(H,15,18). The van der Waals surface area contributed by atoms with Gasteiger partial charge in [-0.1, -0.05) is 38.6 Å². The Balaban J connectivity index is 2.57. The summed E-state index contributed by atoms with van der Waals surface area (Å²) < 4.78 is 5.52. The third-order valence-corrected chi connectivity index (χ3v) is 8.44. The minimum Gasteiger partial charge on any atom is -0.337 e. The van der Waals surface area contributed by atoms with Crippen molar-refractivity contribution in [3.05, 3.63) is 0 Å². The molecule has 1 rings (SSSR count). The van der Waals surface area contributed by atoms with Crippen LogP contribution in [0.5, 0.6) is 0 Å². The Morgan fingerprint density at radius 1 is 1.47 bits per heavy atom. The summed E-state index contributed by atoms with van der Waals surface area (Å²) >= 11 is 6.84. The van der Waals surface area contributed by atoms with Crippen LogP contribution < -0.4 is 5.32 Å². The van der Waals surface area contributed by atoms with Crippen molar-refractivity contribution in [3.8, 4) is 0 Å². The SMILES string of the molecule is CNCCOP(O)(=S)SC1CC(C)CCC1C(C)C. The van der Waals surface area contributed by atoms with Gasteiger partial charge in [0.25, 0.3) is 0 Å². The van der Waals surface area contributed by atoms with Gasteiger partial charge < -0.3 is 14.7 Å². The third-order valence-electron chi connectivity index (χ3n) is 3.84. The monoisotopic (exact) mass is 325 g/mol. The van der Waals surface area contributed by atoms with E-state index in [4.69, 9.17) is 16.3 Å². The predicted molar refractivity (Wildman–Crippen MR) is 89.1 cm³/mol. The average Bonchev–Trinajstić information content (AvgIpc) is 2.28. The molecule has 0 radical (unpaired) electrons. The van der Waals surface area contributed by atoms with E-state index in [-0.39, 0.29) is 0 Å². The summed E-state index contributed by atoms with van der Waals surface area (Å²) in [6.07, 6.45) is 3.71. The number of nitrogens with one attached hydrogen (secondary N) is 1. The van der Waals surface area contributed by atoms with Crippen LogP contribution in [-0.4, -0.2) is 30.3 Å². The Labute approximate surface area is 127 Å². The van der Waals surface area contributed by atoms with Gasteiger partial charge in [0.2, 0.25) is 5.69 Å². The van der Waals surface area contributed by atoms with Crippen molar-refractivity contribution in [2.45, 2.75) is 45.3 Å². The Morgan fingerprint density at radius 3 is 2.74 bits per heavy atom. The molecular weight excluding hydrogens is 297 g/mol. The van der Waals surface area contributed by atoms with Crippen LogP contribution in [0.15, 0.2) is 0 Å². The minimum atomic E-state index is -2.68. The van der Waals surface area contributed by atoms with E-state index in [0.29, 0.717) is 23.7 Å². The maximum Gasteiger partial charge on any atom is 0.245 e. The van der Waals surface area contributed by atoms with E-state index in [1.165, 1.54) is 12.8 Å². The summed E-state index contributed by atoms with van der Waals surface area (Å²) in [6.45, 7) is 8.07. The lowest BCUT2D eigenvalue weighted by Crippen LogP contribution is -2.29. The Hall–Kier alpha value is 0.880. The van der Waals surface area contributed by atoms with Crippen molar-refractivity contribution in [1.29, 1.82) is 0 Å². The van der Waals surface area contributed by atoms with Crippen molar-refractivity contribution in [2.24, 2.45) is 17.8 Å². The fourth-order valence-corrected chi connectivity index (χ4v) is 7.83. The molecule has 0 saturated heterocycles. The molecule has 3 nitrogen and oxygen atoms in total. The molecule has 19 heavy (non-hydrogen) atoms. The van der Waals surface area contributed by atoms with E-state index in [1.54, 1.807) is 11.4 Å². The van der Waals surface area contributed by atoms with Crippen molar-refractivity contribution in [2.75, 3.05) is 20.2 Å². The van der Waals surface area contributed by atoms with Crippen molar-refractivity contribution >= 4 is 28.9 Å². The summed E-state index contributed by atoms with van der Waals surface area (Å²) in [7, 11) is 1.87. The smallest absolute Gasteiger partial charge is 0.245 e. The van der Waals surface area contributed by atoms with Crippen LogP contribution >= 0.6 is 17.1 Å². The quantitative estimate of drug-likeness (QED) is 0.552. The molecule has 6 heteroatoms. The van der Waals surface area contributed by atoms with Crippen LogP contribution in [0, 0.1) is 17.8 Å².